The van der Waals surface area contributed by atoms with Crippen LogP contribution in [0.4, 0.5) is 4.79 Å². The summed E-state index contributed by atoms with van der Waals surface area (Å²) in [6.45, 7) is 15.4. The minimum atomic E-state index is -0.777. The van der Waals surface area contributed by atoms with Gasteiger partial charge in [0, 0.05) is 12.6 Å². The number of carbonyl (C=O) groups is 3. The molecule has 198 valence electrons. The molecule has 7 heteroatoms. The number of nitrogens with zero attached hydrogens (tertiary/aromatic N) is 1. The maximum atomic E-state index is 13.5. The van der Waals surface area contributed by atoms with Crippen LogP contribution in [0.1, 0.15) is 103 Å². The third-order valence-corrected chi connectivity index (χ3v) is 5.58. The first kappa shape index (κ1) is 30.5. The Morgan fingerprint density at radius 2 is 1.63 bits per heavy atom. The van der Waals surface area contributed by atoms with Crippen LogP contribution >= 0.6 is 0 Å². The number of nitrogens with one attached hydrogen (secondary N) is 2. The highest BCUT2D eigenvalue weighted by molar-refractivity contribution is 5.90. The molecule has 0 aromatic heterocycles. The van der Waals surface area contributed by atoms with Crippen molar-refractivity contribution in [3.63, 3.8) is 0 Å². The number of carbonyl (C=O) groups excluding carboxylic acids is 3. The van der Waals surface area contributed by atoms with Gasteiger partial charge in [0.25, 0.3) is 0 Å². The molecule has 1 aromatic rings. The van der Waals surface area contributed by atoms with Gasteiger partial charge in [-0.25, -0.2) is 4.79 Å². The molecule has 0 bridgehead atoms. The maximum absolute atomic E-state index is 13.5. The van der Waals surface area contributed by atoms with Crippen molar-refractivity contribution in [3.8, 4) is 0 Å². The van der Waals surface area contributed by atoms with Gasteiger partial charge in [-0.05, 0) is 66.0 Å². The highest BCUT2D eigenvalue weighted by Gasteiger charge is 2.33. The first-order valence-corrected chi connectivity index (χ1v) is 13.0. The number of unbranched alkanes of at least 4 members (excludes halogenated alkanes) is 5. The third-order valence-electron chi connectivity index (χ3n) is 5.58. The lowest BCUT2D eigenvalue weighted by Gasteiger charge is -2.33. The second-order valence-electron chi connectivity index (χ2n) is 10.6. The van der Waals surface area contributed by atoms with Crippen LogP contribution in [0.2, 0.25) is 0 Å². The van der Waals surface area contributed by atoms with Gasteiger partial charge < -0.3 is 20.3 Å². The van der Waals surface area contributed by atoms with Gasteiger partial charge in [0.05, 0.1) is 0 Å². The SMILES string of the molecule is CCCCCCCCN(C(=O)CNC(=O)OC(C)(C)C)C(C(=O)NC(C)C)c1cc(C)ccc1C. The first-order valence-electron chi connectivity index (χ1n) is 13.0. The van der Waals surface area contributed by atoms with E-state index in [2.05, 4.69) is 17.6 Å². The quantitative estimate of drug-likeness (QED) is 0.354. The zero-order valence-corrected chi connectivity index (χ0v) is 23.1. The summed E-state index contributed by atoms with van der Waals surface area (Å²) >= 11 is 0. The van der Waals surface area contributed by atoms with Crippen molar-refractivity contribution in [2.24, 2.45) is 0 Å². The van der Waals surface area contributed by atoms with Crippen LogP contribution in [0.25, 0.3) is 0 Å². The fourth-order valence-corrected chi connectivity index (χ4v) is 3.89. The highest BCUT2D eigenvalue weighted by atomic mass is 16.6. The van der Waals surface area contributed by atoms with E-state index in [9.17, 15) is 14.4 Å². The summed E-state index contributed by atoms with van der Waals surface area (Å²) in [4.78, 5) is 40.7. The van der Waals surface area contributed by atoms with E-state index in [1.807, 2.05) is 45.9 Å². The normalized spacial score (nSPS) is 12.3. The number of amides is 3. The molecule has 0 radical (unpaired) electrons. The summed E-state index contributed by atoms with van der Waals surface area (Å²) in [5.74, 6) is -0.528. The molecular formula is C28H47N3O4. The fourth-order valence-electron chi connectivity index (χ4n) is 3.89. The van der Waals surface area contributed by atoms with Crippen molar-refractivity contribution in [2.75, 3.05) is 13.1 Å². The second kappa shape index (κ2) is 14.7. The van der Waals surface area contributed by atoms with E-state index >= 15 is 0 Å². The van der Waals surface area contributed by atoms with E-state index in [4.69, 9.17) is 4.74 Å². The Labute approximate surface area is 212 Å². The zero-order chi connectivity index (χ0) is 26.6. The van der Waals surface area contributed by atoms with Crippen LogP contribution in [0.15, 0.2) is 18.2 Å². The van der Waals surface area contributed by atoms with E-state index in [0.717, 1.165) is 36.0 Å². The molecule has 0 saturated heterocycles. The smallest absolute Gasteiger partial charge is 0.408 e. The number of hydrogen-bond donors (Lipinski definition) is 2. The fraction of sp³-hybridized carbons (Fsp3) is 0.679. The summed E-state index contributed by atoms with van der Waals surface area (Å²) in [7, 11) is 0. The van der Waals surface area contributed by atoms with Crippen molar-refractivity contribution >= 4 is 17.9 Å². The zero-order valence-electron chi connectivity index (χ0n) is 23.1. The molecule has 0 saturated carbocycles. The second-order valence-corrected chi connectivity index (χ2v) is 10.6. The molecule has 0 spiro atoms. The molecule has 3 amide bonds. The number of hydrogen-bond acceptors (Lipinski definition) is 4. The Kier molecular flexibility index (Phi) is 12.8. The predicted molar refractivity (Wildman–Crippen MR) is 141 cm³/mol. The summed E-state index contributed by atoms with van der Waals surface area (Å²) < 4.78 is 5.28. The van der Waals surface area contributed by atoms with Gasteiger partial charge in [-0.2, -0.15) is 0 Å². The van der Waals surface area contributed by atoms with Crippen LogP contribution in [0.5, 0.6) is 0 Å². The minimum absolute atomic E-state index is 0.0685. The average molecular weight is 490 g/mol. The Balaban J connectivity index is 3.21. The van der Waals surface area contributed by atoms with Gasteiger partial charge in [0.2, 0.25) is 11.8 Å². The first-order chi connectivity index (χ1) is 16.4. The average Bonchev–Trinajstić information content (AvgIpc) is 2.74. The van der Waals surface area contributed by atoms with Crippen molar-refractivity contribution in [3.05, 3.63) is 34.9 Å². The van der Waals surface area contributed by atoms with Crippen LogP contribution in [0.3, 0.4) is 0 Å². The number of aryl methyl sites for hydroxylation is 2. The molecule has 7 nitrogen and oxygen atoms in total. The number of rotatable bonds is 13. The van der Waals surface area contributed by atoms with Crippen molar-refractivity contribution in [2.45, 2.75) is 112 Å². The monoisotopic (exact) mass is 489 g/mol. The van der Waals surface area contributed by atoms with Crippen molar-refractivity contribution in [1.82, 2.24) is 15.5 Å². The maximum Gasteiger partial charge on any atom is 0.408 e. The topological polar surface area (TPSA) is 87.7 Å². The molecule has 0 aliphatic heterocycles. The van der Waals surface area contributed by atoms with Crippen LogP contribution in [0, 0.1) is 13.8 Å². The van der Waals surface area contributed by atoms with Crippen molar-refractivity contribution in [1.29, 1.82) is 0 Å². The molecular weight excluding hydrogens is 442 g/mol. The molecule has 1 aromatic carbocycles. The minimum Gasteiger partial charge on any atom is -0.444 e. The van der Waals surface area contributed by atoms with Crippen LogP contribution < -0.4 is 10.6 Å². The Bertz CT molecular complexity index is 830. The largest absolute Gasteiger partial charge is 0.444 e. The van der Waals surface area contributed by atoms with E-state index in [1.165, 1.54) is 19.3 Å². The molecule has 1 unspecified atom stereocenters. The predicted octanol–water partition coefficient (Wildman–Crippen LogP) is 5.58. The van der Waals surface area contributed by atoms with Gasteiger partial charge >= 0.3 is 6.09 Å². The molecule has 35 heavy (non-hydrogen) atoms. The van der Waals surface area contributed by atoms with Gasteiger partial charge in [-0.1, -0.05) is 62.8 Å². The molecule has 1 rings (SSSR count). The van der Waals surface area contributed by atoms with Gasteiger partial charge in [0.1, 0.15) is 18.2 Å². The summed E-state index contributed by atoms with van der Waals surface area (Å²) in [6, 6.07) is 5.11. The van der Waals surface area contributed by atoms with E-state index in [1.54, 1.807) is 25.7 Å². The number of ether oxygens (including phenoxy) is 1. The third kappa shape index (κ3) is 11.6. The number of benzene rings is 1. The summed E-state index contributed by atoms with van der Waals surface area (Å²) in [6.07, 6.45) is 5.75. The molecule has 0 aliphatic carbocycles. The van der Waals surface area contributed by atoms with E-state index in [0.29, 0.717) is 6.54 Å². The molecule has 0 aliphatic rings. The van der Waals surface area contributed by atoms with Crippen LogP contribution in [-0.2, 0) is 14.3 Å². The Morgan fingerprint density at radius 3 is 2.23 bits per heavy atom. The molecule has 2 N–H and O–H groups in total. The molecule has 0 fully saturated rings. The summed E-state index contributed by atoms with van der Waals surface area (Å²) in [5.41, 5.74) is 2.11. The molecule has 0 heterocycles. The van der Waals surface area contributed by atoms with E-state index in [-0.39, 0.29) is 24.4 Å². The Morgan fingerprint density at radius 1 is 1.00 bits per heavy atom. The standard InChI is InChI=1S/C28H47N3O4/c1-9-10-11-12-13-14-17-31(24(32)19-29-27(34)35-28(6,7)8)25(26(33)30-20(2)3)23-18-21(4)15-16-22(23)5/h15-16,18,20,25H,9-14,17,19H2,1-8H3,(H,29,34)(H,30,33). The van der Waals surface area contributed by atoms with Crippen molar-refractivity contribution < 1.29 is 19.1 Å². The molecule has 1 atom stereocenters. The van der Waals surface area contributed by atoms with Gasteiger partial charge in [0.15, 0.2) is 0 Å². The van der Waals surface area contributed by atoms with Gasteiger partial charge in [-0.3, -0.25) is 9.59 Å². The lowest BCUT2D eigenvalue weighted by Crippen LogP contribution is -2.49. The highest BCUT2D eigenvalue weighted by Crippen LogP contribution is 2.27. The lowest BCUT2D eigenvalue weighted by molar-refractivity contribution is -0.140. The van der Waals surface area contributed by atoms with Crippen LogP contribution in [-0.4, -0.2) is 47.5 Å². The lowest BCUT2D eigenvalue weighted by atomic mass is 9.96. The summed E-state index contributed by atoms with van der Waals surface area (Å²) in [5, 5.41) is 5.56. The van der Waals surface area contributed by atoms with E-state index < -0.39 is 17.7 Å². The van der Waals surface area contributed by atoms with Gasteiger partial charge in [-0.15, -0.1) is 0 Å². The number of alkyl carbamates (subject to hydrolysis) is 1. The Hall–Kier alpha value is -2.57.